The summed E-state index contributed by atoms with van der Waals surface area (Å²) in [5, 5.41) is 21.1. The summed E-state index contributed by atoms with van der Waals surface area (Å²) < 4.78 is 10.5. The quantitative estimate of drug-likeness (QED) is 0.453. The van der Waals surface area contributed by atoms with E-state index in [1.807, 2.05) is 11.9 Å². The lowest BCUT2D eigenvalue weighted by Crippen LogP contribution is -2.40. The number of piperidine rings is 1. The highest BCUT2D eigenvalue weighted by Gasteiger charge is 2.34. The Balaban J connectivity index is 2.59. The molecule has 2 rings (SSSR count). The van der Waals surface area contributed by atoms with Crippen LogP contribution in [0.2, 0.25) is 0 Å². The number of phenolic OH excluding ortho intramolecular Hbond substituents is 1. The van der Waals surface area contributed by atoms with Crippen molar-refractivity contribution in [3.05, 3.63) is 17.2 Å². The summed E-state index contributed by atoms with van der Waals surface area (Å²) in [7, 11) is 4.73. The van der Waals surface area contributed by atoms with Gasteiger partial charge in [0, 0.05) is 24.1 Å². The Hall–Kier alpha value is -2.12. The molecule has 0 aliphatic carbocycles. The first-order chi connectivity index (χ1) is 11.4. The summed E-state index contributed by atoms with van der Waals surface area (Å²) in [5.41, 5.74) is 0.333. The average Bonchev–Trinajstić information content (AvgIpc) is 2.54. The number of likely N-dealkylation sites (N-methyl/N-ethyl adjacent to an activating group) is 1. The smallest absolute Gasteiger partial charge is 0.177 e. The van der Waals surface area contributed by atoms with Gasteiger partial charge in [-0.25, -0.2) is 0 Å². The van der Waals surface area contributed by atoms with E-state index in [0.29, 0.717) is 30.6 Å². The normalized spacial score (nSPS) is 21.3. The Kier molecular flexibility index (Phi) is 5.80. The number of β-amino-alcohol motifs (C(OH)–C–C–N with tert-alkyl or cyclic N) is 1. The van der Waals surface area contributed by atoms with Crippen LogP contribution in [0.1, 0.15) is 34.7 Å². The lowest BCUT2D eigenvalue weighted by molar-refractivity contribution is -0.107. The van der Waals surface area contributed by atoms with Crippen LogP contribution in [0.4, 0.5) is 0 Å². The fraction of sp³-hybridized carbons (Fsp3) is 0.529. The summed E-state index contributed by atoms with van der Waals surface area (Å²) in [6.07, 6.45) is 0.0297. The number of carbonyl (C=O) groups is 2. The zero-order valence-corrected chi connectivity index (χ0v) is 14.1. The second kappa shape index (κ2) is 7.63. The number of aliphatic hydroxyl groups is 1. The number of hydrogen-bond donors (Lipinski definition) is 2. The zero-order chi connectivity index (χ0) is 17.9. The molecule has 2 unspecified atom stereocenters. The molecule has 1 aliphatic rings. The minimum absolute atomic E-state index is 0.0495. The number of phenols is 1. The van der Waals surface area contributed by atoms with Gasteiger partial charge in [-0.2, -0.15) is 0 Å². The SMILES string of the molecule is COc1cc(OC)c(C2CCN(C)CC2O)c(O)c1C(=O)CC=O. The maximum Gasteiger partial charge on any atom is 0.177 e. The first-order valence-corrected chi connectivity index (χ1v) is 7.75. The van der Waals surface area contributed by atoms with Crippen LogP contribution < -0.4 is 9.47 Å². The van der Waals surface area contributed by atoms with Crippen LogP contribution in [-0.4, -0.2) is 67.6 Å². The number of aromatic hydroxyl groups is 1. The van der Waals surface area contributed by atoms with Crippen molar-refractivity contribution in [2.75, 3.05) is 34.4 Å². The molecule has 0 bridgehead atoms. The highest BCUT2D eigenvalue weighted by atomic mass is 16.5. The van der Waals surface area contributed by atoms with Crippen LogP contribution in [0.15, 0.2) is 6.07 Å². The van der Waals surface area contributed by atoms with Crippen molar-refractivity contribution in [3.8, 4) is 17.2 Å². The van der Waals surface area contributed by atoms with E-state index in [9.17, 15) is 19.8 Å². The fourth-order valence-corrected chi connectivity index (χ4v) is 3.20. The molecule has 0 aromatic heterocycles. The molecule has 7 nitrogen and oxygen atoms in total. The van der Waals surface area contributed by atoms with Crippen molar-refractivity contribution in [2.24, 2.45) is 0 Å². The van der Waals surface area contributed by atoms with Crippen LogP contribution in [0.3, 0.4) is 0 Å². The van der Waals surface area contributed by atoms with Crippen molar-refractivity contribution in [2.45, 2.75) is 24.9 Å². The highest BCUT2D eigenvalue weighted by Crippen LogP contribution is 2.45. The van der Waals surface area contributed by atoms with Gasteiger partial charge in [-0.1, -0.05) is 0 Å². The molecule has 24 heavy (non-hydrogen) atoms. The Morgan fingerprint density at radius 2 is 2.04 bits per heavy atom. The maximum absolute atomic E-state index is 12.2. The molecular weight excluding hydrogens is 314 g/mol. The molecule has 1 fully saturated rings. The number of ether oxygens (including phenoxy) is 2. The standard InChI is InChI=1S/C17H23NO6/c1-18-6-4-10(12(21)9-18)15-13(23-2)8-14(24-3)16(17(15)22)11(20)5-7-19/h7-8,10,12,21-22H,4-6,9H2,1-3H3. The van der Waals surface area contributed by atoms with Gasteiger partial charge in [-0.05, 0) is 20.0 Å². The first-order valence-electron chi connectivity index (χ1n) is 7.75. The Morgan fingerprint density at radius 1 is 1.38 bits per heavy atom. The predicted octanol–water partition coefficient (Wildman–Crippen LogP) is 0.961. The number of carbonyl (C=O) groups excluding carboxylic acids is 2. The molecule has 1 aromatic carbocycles. The van der Waals surface area contributed by atoms with Gasteiger partial charge in [0.2, 0.25) is 0 Å². The molecule has 1 aliphatic heterocycles. The third-order valence-electron chi connectivity index (χ3n) is 4.41. The van der Waals surface area contributed by atoms with E-state index in [4.69, 9.17) is 9.47 Å². The number of likely N-dealkylation sites (tertiary alicyclic amines) is 1. The van der Waals surface area contributed by atoms with E-state index in [0.717, 1.165) is 6.54 Å². The Bertz CT molecular complexity index is 630. The molecular formula is C17H23NO6. The molecule has 1 saturated heterocycles. The number of ketones is 1. The molecule has 0 amide bonds. The summed E-state index contributed by atoms with van der Waals surface area (Å²) in [6.45, 7) is 1.20. The third-order valence-corrected chi connectivity index (χ3v) is 4.41. The van der Waals surface area contributed by atoms with Crippen molar-refractivity contribution in [1.29, 1.82) is 0 Å². The lowest BCUT2D eigenvalue weighted by Gasteiger charge is -2.35. The van der Waals surface area contributed by atoms with E-state index in [1.54, 1.807) is 0 Å². The van der Waals surface area contributed by atoms with Crippen molar-refractivity contribution < 1.29 is 29.3 Å². The molecule has 132 valence electrons. The highest BCUT2D eigenvalue weighted by molar-refractivity contribution is 6.07. The number of nitrogens with zero attached hydrogens (tertiary/aromatic N) is 1. The van der Waals surface area contributed by atoms with Crippen LogP contribution in [0.5, 0.6) is 17.2 Å². The van der Waals surface area contributed by atoms with Crippen LogP contribution in [-0.2, 0) is 4.79 Å². The predicted molar refractivity (Wildman–Crippen MR) is 87.1 cm³/mol. The summed E-state index contributed by atoms with van der Waals surface area (Å²) in [4.78, 5) is 24.9. The van der Waals surface area contributed by atoms with Gasteiger partial charge in [0.05, 0.1) is 26.7 Å². The van der Waals surface area contributed by atoms with E-state index in [2.05, 4.69) is 0 Å². The molecule has 1 heterocycles. The number of aldehydes is 1. The van der Waals surface area contributed by atoms with Gasteiger partial charge < -0.3 is 29.4 Å². The Labute approximate surface area is 140 Å². The van der Waals surface area contributed by atoms with Crippen molar-refractivity contribution >= 4 is 12.1 Å². The van der Waals surface area contributed by atoms with Gasteiger partial charge in [0.25, 0.3) is 0 Å². The molecule has 2 N–H and O–H groups in total. The number of rotatable bonds is 6. The maximum atomic E-state index is 12.2. The monoisotopic (exact) mass is 337 g/mol. The average molecular weight is 337 g/mol. The van der Waals surface area contributed by atoms with Gasteiger partial charge in [0.1, 0.15) is 29.1 Å². The van der Waals surface area contributed by atoms with Crippen LogP contribution in [0.25, 0.3) is 0 Å². The summed E-state index contributed by atoms with van der Waals surface area (Å²) in [6, 6.07) is 1.51. The second-order valence-corrected chi connectivity index (χ2v) is 5.94. The van der Waals surface area contributed by atoms with Gasteiger partial charge >= 0.3 is 0 Å². The van der Waals surface area contributed by atoms with E-state index >= 15 is 0 Å². The van der Waals surface area contributed by atoms with E-state index in [1.165, 1.54) is 20.3 Å². The molecule has 1 aromatic rings. The summed E-state index contributed by atoms with van der Waals surface area (Å²) >= 11 is 0. The molecule has 0 radical (unpaired) electrons. The zero-order valence-electron chi connectivity index (χ0n) is 14.1. The first kappa shape index (κ1) is 18.2. The third kappa shape index (κ3) is 3.37. The Morgan fingerprint density at radius 3 is 2.58 bits per heavy atom. The number of methoxy groups -OCH3 is 2. The van der Waals surface area contributed by atoms with Gasteiger partial charge in [-0.15, -0.1) is 0 Å². The molecule has 0 spiro atoms. The largest absolute Gasteiger partial charge is 0.507 e. The number of benzene rings is 1. The van der Waals surface area contributed by atoms with E-state index < -0.39 is 11.9 Å². The van der Waals surface area contributed by atoms with Crippen molar-refractivity contribution in [1.82, 2.24) is 4.90 Å². The number of Topliss-reactive ketones (excluding diaryl/α,β-unsaturated/α-hetero) is 1. The molecule has 0 saturated carbocycles. The topological polar surface area (TPSA) is 96.3 Å². The fourth-order valence-electron chi connectivity index (χ4n) is 3.20. The minimum atomic E-state index is -0.703. The molecule has 7 heteroatoms. The lowest BCUT2D eigenvalue weighted by atomic mass is 9.84. The van der Waals surface area contributed by atoms with Gasteiger partial charge in [0.15, 0.2) is 5.78 Å². The van der Waals surface area contributed by atoms with Crippen LogP contribution in [0, 0.1) is 0 Å². The summed E-state index contributed by atoms with van der Waals surface area (Å²) in [5.74, 6) is -0.704. The van der Waals surface area contributed by atoms with Gasteiger partial charge in [-0.3, -0.25) is 4.79 Å². The van der Waals surface area contributed by atoms with Crippen molar-refractivity contribution in [3.63, 3.8) is 0 Å². The second-order valence-electron chi connectivity index (χ2n) is 5.94. The van der Waals surface area contributed by atoms with E-state index in [-0.39, 0.29) is 29.4 Å². The number of hydrogen-bond acceptors (Lipinski definition) is 7. The number of aliphatic hydroxyl groups excluding tert-OH is 1. The minimum Gasteiger partial charge on any atom is -0.507 e. The molecule has 2 atom stereocenters. The van der Waals surface area contributed by atoms with Crippen LogP contribution >= 0.6 is 0 Å².